The molecule has 2 aromatic rings. The molecule has 8 heteroatoms. The number of nitrogens with one attached hydrogen (secondary N) is 1. The van der Waals surface area contributed by atoms with Crippen LogP contribution in [0.5, 0.6) is 0 Å². The van der Waals surface area contributed by atoms with E-state index in [1.165, 1.54) is 0 Å². The molecule has 194 valence electrons. The van der Waals surface area contributed by atoms with Gasteiger partial charge in [-0.2, -0.15) is 0 Å². The topological polar surface area (TPSA) is 69.6 Å². The molecule has 0 unspecified atom stereocenters. The van der Waals surface area contributed by atoms with Gasteiger partial charge in [-0.1, -0.05) is 31.2 Å². The van der Waals surface area contributed by atoms with Crippen molar-refractivity contribution in [1.82, 2.24) is 4.57 Å². The van der Waals surface area contributed by atoms with E-state index in [1.54, 1.807) is 10.8 Å². The molecular weight excluding hydrogens is 480 g/mol. The number of rotatable bonds is 9. The molecule has 0 bridgehead atoms. The fourth-order valence-electron chi connectivity index (χ4n) is 4.44. The number of carbonyl (C=O) groups is 1. The summed E-state index contributed by atoms with van der Waals surface area (Å²) in [6, 6.07) is 7.15. The highest BCUT2D eigenvalue weighted by Crippen LogP contribution is 2.31. The summed E-state index contributed by atoms with van der Waals surface area (Å²) >= 11 is 6.57. The van der Waals surface area contributed by atoms with Gasteiger partial charge in [-0.25, -0.2) is 0 Å². The van der Waals surface area contributed by atoms with Crippen LogP contribution in [0.1, 0.15) is 52.9 Å². The molecule has 1 fully saturated rings. The number of halogens is 1. The molecule has 0 amide bonds. The first-order valence-corrected chi connectivity index (χ1v) is 16.8. The Morgan fingerprint density at radius 1 is 1.14 bits per heavy atom. The minimum absolute atomic E-state index is 0.0911. The molecule has 1 aliphatic carbocycles. The Hall–Kier alpha value is -1.83. The first-order valence-electron chi connectivity index (χ1n) is 12.7. The number of hydrogen-bond donors (Lipinski definition) is 1. The van der Waals surface area contributed by atoms with Gasteiger partial charge in [0.05, 0.1) is 5.02 Å². The lowest BCUT2D eigenvalue weighted by Crippen LogP contribution is -2.29. The Balaban J connectivity index is 1.58. The number of nitrogens with zero attached hydrogens (tertiary/aromatic N) is 1. The van der Waals surface area contributed by atoms with Crippen molar-refractivity contribution in [2.24, 2.45) is 5.92 Å². The van der Waals surface area contributed by atoms with Gasteiger partial charge in [-0.15, -0.1) is 0 Å². The Labute approximate surface area is 215 Å². The normalized spacial score (nSPS) is 19.1. The number of esters is 1. The minimum Gasteiger partial charge on any atom is -0.460 e. The second-order valence-electron chi connectivity index (χ2n) is 12.0. The van der Waals surface area contributed by atoms with E-state index < -0.39 is 13.7 Å². The Kier molecular flexibility index (Phi) is 9.10. The maximum atomic E-state index is 13.0. The molecule has 3 rings (SSSR count). The van der Waals surface area contributed by atoms with Crippen LogP contribution in [-0.2, 0) is 21.0 Å². The van der Waals surface area contributed by atoms with Gasteiger partial charge in [-0.05, 0) is 76.6 Å². The lowest BCUT2D eigenvalue weighted by atomic mass is 9.84. The van der Waals surface area contributed by atoms with Gasteiger partial charge in [0.1, 0.15) is 12.3 Å². The van der Waals surface area contributed by atoms with Crippen molar-refractivity contribution in [3.05, 3.63) is 39.8 Å². The number of anilines is 1. The van der Waals surface area contributed by atoms with Crippen LogP contribution >= 0.6 is 11.6 Å². The number of benzene rings is 1. The molecule has 0 saturated heterocycles. The Morgan fingerprint density at radius 3 is 2.46 bits per heavy atom. The van der Waals surface area contributed by atoms with E-state index in [0.29, 0.717) is 35.4 Å². The van der Waals surface area contributed by atoms with Crippen LogP contribution in [0, 0.1) is 5.92 Å². The van der Waals surface area contributed by atoms with Gasteiger partial charge in [0.2, 0.25) is 0 Å². The van der Waals surface area contributed by atoms with Gasteiger partial charge in [-0.3, -0.25) is 14.2 Å². The second kappa shape index (κ2) is 11.5. The highest BCUT2D eigenvalue weighted by molar-refractivity contribution is 6.76. The predicted molar refractivity (Wildman–Crippen MR) is 147 cm³/mol. The number of aromatic nitrogens is 1. The summed E-state index contributed by atoms with van der Waals surface area (Å²) in [6.45, 7) is 13.5. The van der Waals surface area contributed by atoms with Gasteiger partial charge in [0.25, 0.3) is 5.56 Å². The van der Waals surface area contributed by atoms with Crippen LogP contribution in [0.15, 0.2) is 29.2 Å². The largest absolute Gasteiger partial charge is 0.460 e. The van der Waals surface area contributed by atoms with Crippen molar-refractivity contribution >= 4 is 42.1 Å². The van der Waals surface area contributed by atoms with E-state index in [0.717, 1.165) is 42.8 Å². The zero-order valence-corrected chi connectivity index (χ0v) is 23.8. The molecular formula is C27H41ClN2O4Si. The molecule has 1 aromatic heterocycles. The van der Waals surface area contributed by atoms with Gasteiger partial charge >= 0.3 is 5.97 Å². The summed E-state index contributed by atoms with van der Waals surface area (Å²) in [7, 11) is -1.17. The fraction of sp³-hybridized carbons (Fsp3) is 0.630. The third-order valence-corrected chi connectivity index (χ3v) is 8.36. The van der Waals surface area contributed by atoms with E-state index >= 15 is 0 Å². The number of carbonyl (C=O) groups excluding carboxylic acids is 1. The van der Waals surface area contributed by atoms with Crippen molar-refractivity contribution in [3.8, 4) is 0 Å². The SMILES string of the molecule is CC(C)(C)OC(=O)CC1CCC(Nc2ccc3c(=O)n(COCC[Si](C)(C)C)cc(Cl)c3c2)CC1. The van der Waals surface area contributed by atoms with Crippen LogP contribution in [0.4, 0.5) is 5.69 Å². The molecule has 6 nitrogen and oxygen atoms in total. The Morgan fingerprint density at radius 2 is 1.83 bits per heavy atom. The highest BCUT2D eigenvalue weighted by atomic mass is 35.5. The summed E-state index contributed by atoms with van der Waals surface area (Å²) < 4.78 is 12.8. The molecule has 0 radical (unpaired) electrons. The second-order valence-corrected chi connectivity index (χ2v) is 18.0. The first-order chi connectivity index (χ1) is 16.3. The molecule has 0 spiro atoms. The average Bonchev–Trinajstić information content (AvgIpc) is 2.74. The molecule has 0 atom stereocenters. The van der Waals surface area contributed by atoms with Crippen molar-refractivity contribution < 1.29 is 14.3 Å². The van der Waals surface area contributed by atoms with Gasteiger partial charge in [0, 0.05) is 49.8 Å². The zero-order chi connectivity index (χ0) is 25.8. The van der Waals surface area contributed by atoms with E-state index in [4.69, 9.17) is 21.1 Å². The summed E-state index contributed by atoms with van der Waals surface area (Å²) in [5.74, 6) is 0.269. The maximum Gasteiger partial charge on any atom is 0.306 e. The van der Waals surface area contributed by atoms with E-state index in [1.807, 2.05) is 39.0 Å². The molecule has 1 saturated carbocycles. The average molecular weight is 521 g/mol. The van der Waals surface area contributed by atoms with Gasteiger partial charge in [0.15, 0.2) is 0 Å². The predicted octanol–water partition coefficient (Wildman–Crippen LogP) is 6.67. The van der Waals surface area contributed by atoms with E-state index in [9.17, 15) is 9.59 Å². The molecule has 1 N–H and O–H groups in total. The number of pyridine rings is 1. The summed E-state index contributed by atoms with van der Waals surface area (Å²) in [5.41, 5.74) is 0.432. The minimum atomic E-state index is -1.17. The smallest absolute Gasteiger partial charge is 0.306 e. The molecule has 35 heavy (non-hydrogen) atoms. The lowest BCUT2D eigenvalue weighted by molar-refractivity contribution is -0.156. The van der Waals surface area contributed by atoms with Crippen LogP contribution in [0.25, 0.3) is 10.8 Å². The maximum absolute atomic E-state index is 13.0. The monoisotopic (exact) mass is 520 g/mol. The van der Waals surface area contributed by atoms with Gasteiger partial charge < -0.3 is 14.8 Å². The third kappa shape index (κ3) is 8.65. The van der Waals surface area contributed by atoms with E-state index in [2.05, 4.69) is 25.0 Å². The van der Waals surface area contributed by atoms with Crippen LogP contribution in [-0.4, -0.2) is 36.9 Å². The number of fused-ring (bicyclic) bond motifs is 1. The quantitative estimate of drug-likeness (QED) is 0.227. The summed E-state index contributed by atoms with van der Waals surface area (Å²) in [6.07, 6.45) is 6.14. The van der Waals surface area contributed by atoms with Crippen LogP contribution in [0.2, 0.25) is 30.7 Å². The summed E-state index contributed by atoms with van der Waals surface area (Å²) in [5, 5.41) is 5.48. The van der Waals surface area contributed by atoms with Crippen molar-refractivity contribution in [2.45, 2.75) is 96.9 Å². The highest BCUT2D eigenvalue weighted by Gasteiger charge is 2.25. The van der Waals surface area contributed by atoms with Crippen molar-refractivity contribution in [2.75, 3.05) is 11.9 Å². The number of ether oxygens (including phenoxy) is 2. The lowest BCUT2D eigenvalue weighted by Gasteiger charge is -2.30. The molecule has 1 aromatic carbocycles. The van der Waals surface area contributed by atoms with E-state index in [-0.39, 0.29) is 18.3 Å². The third-order valence-electron chi connectivity index (χ3n) is 6.36. The molecule has 0 aliphatic heterocycles. The first kappa shape index (κ1) is 27.7. The van der Waals surface area contributed by atoms with Crippen molar-refractivity contribution in [1.29, 1.82) is 0 Å². The fourth-order valence-corrected chi connectivity index (χ4v) is 5.47. The van der Waals surface area contributed by atoms with Crippen molar-refractivity contribution in [3.63, 3.8) is 0 Å². The van der Waals surface area contributed by atoms with Crippen LogP contribution < -0.4 is 10.9 Å². The number of hydrogen-bond acceptors (Lipinski definition) is 5. The zero-order valence-electron chi connectivity index (χ0n) is 22.1. The molecule has 1 heterocycles. The molecule has 1 aliphatic rings. The standard InChI is InChI=1S/C27H41ClN2O4Si/c1-27(2,3)34-25(31)15-19-7-9-20(10-8-19)29-21-11-12-22-23(16-21)24(28)17-30(26(22)32)18-33-13-14-35(4,5)6/h11-12,16-17,19-20,29H,7-10,13-15,18H2,1-6H3. The van der Waals surface area contributed by atoms with Crippen LogP contribution in [0.3, 0.4) is 0 Å². The summed E-state index contributed by atoms with van der Waals surface area (Å²) in [4.78, 5) is 25.1. The Bertz CT molecular complexity index is 1080.